The summed E-state index contributed by atoms with van der Waals surface area (Å²) >= 11 is 0. The number of H-pyrrole nitrogens is 1. The highest BCUT2D eigenvalue weighted by atomic mass is 16.1. The van der Waals surface area contributed by atoms with Gasteiger partial charge in [0, 0.05) is 6.21 Å². The number of aliphatic imine (C=N–C) groups is 1. The predicted molar refractivity (Wildman–Crippen MR) is 59.5 cm³/mol. The zero-order chi connectivity index (χ0) is 10.8. The van der Waals surface area contributed by atoms with Crippen LogP contribution in [0.2, 0.25) is 0 Å². The second-order valence-electron chi connectivity index (χ2n) is 3.94. The number of aromatic amines is 1. The van der Waals surface area contributed by atoms with E-state index < -0.39 is 0 Å². The molecule has 0 spiro atoms. The summed E-state index contributed by atoms with van der Waals surface area (Å²) in [6.45, 7) is 2.16. The van der Waals surface area contributed by atoms with E-state index >= 15 is 0 Å². The second-order valence-corrected chi connectivity index (χ2v) is 3.94. The Labute approximate surface area is 87.5 Å². The van der Waals surface area contributed by atoms with Crippen LogP contribution in [0.4, 0.5) is 11.6 Å². The number of fused-ring (bicyclic) bond motifs is 1. The molecule has 80 valence electrons. The van der Waals surface area contributed by atoms with Crippen molar-refractivity contribution in [1.29, 1.82) is 0 Å². The van der Waals surface area contributed by atoms with Crippen molar-refractivity contribution in [3.05, 3.63) is 16.0 Å². The molecule has 2 rings (SSSR count). The summed E-state index contributed by atoms with van der Waals surface area (Å²) < 4.78 is 0. The van der Waals surface area contributed by atoms with E-state index in [1.807, 2.05) is 0 Å². The number of nitrogen functional groups attached to an aromatic ring is 1. The molecule has 3 N–H and O–H groups in total. The lowest BCUT2D eigenvalue weighted by atomic mass is 9.99. The smallest absolute Gasteiger partial charge is 0.278 e. The number of aromatic nitrogens is 2. The topological polar surface area (TPSA) is 84.1 Å². The molecule has 0 amide bonds. The van der Waals surface area contributed by atoms with Gasteiger partial charge in [-0.3, -0.25) is 14.8 Å². The average Bonchev–Trinajstić information content (AvgIpc) is 2.15. The molecular formula is C10H14N4O. The van der Waals surface area contributed by atoms with Crippen molar-refractivity contribution >= 4 is 17.9 Å². The van der Waals surface area contributed by atoms with Gasteiger partial charge in [-0.1, -0.05) is 6.92 Å². The zero-order valence-corrected chi connectivity index (χ0v) is 8.66. The maximum Gasteiger partial charge on any atom is 0.278 e. The van der Waals surface area contributed by atoms with Crippen LogP contribution in [0.1, 0.15) is 25.5 Å². The monoisotopic (exact) mass is 206 g/mol. The Hall–Kier alpha value is -1.65. The van der Waals surface area contributed by atoms with Crippen LogP contribution >= 0.6 is 0 Å². The van der Waals surface area contributed by atoms with Crippen LogP contribution in [0, 0.1) is 5.92 Å². The van der Waals surface area contributed by atoms with Crippen molar-refractivity contribution < 1.29 is 0 Å². The zero-order valence-electron chi connectivity index (χ0n) is 8.66. The number of nitrogens with zero attached hydrogens (tertiary/aromatic N) is 2. The highest BCUT2D eigenvalue weighted by molar-refractivity contribution is 5.64. The van der Waals surface area contributed by atoms with E-state index in [0.717, 1.165) is 19.3 Å². The fourth-order valence-electron chi connectivity index (χ4n) is 1.67. The maximum absolute atomic E-state index is 11.5. The Kier molecular flexibility index (Phi) is 2.53. The third-order valence-corrected chi connectivity index (χ3v) is 2.59. The number of nitrogens with two attached hydrogens (primary N) is 1. The first-order valence-electron chi connectivity index (χ1n) is 5.08. The Bertz CT molecular complexity index is 449. The Morgan fingerprint density at radius 2 is 2.40 bits per heavy atom. The predicted octanol–water partition coefficient (Wildman–Crippen LogP) is 1.03. The number of hydrogen-bond donors (Lipinski definition) is 2. The molecule has 5 nitrogen and oxygen atoms in total. The van der Waals surface area contributed by atoms with E-state index in [0.29, 0.717) is 17.3 Å². The number of anilines is 1. The first kappa shape index (κ1) is 9.89. The Balaban J connectivity index is 2.49. The Morgan fingerprint density at radius 3 is 3.20 bits per heavy atom. The van der Waals surface area contributed by atoms with E-state index in [2.05, 4.69) is 21.9 Å². The summed E-state index contributed by atoms with van der Waals surface area (Å²) in [6.07, 6.45) is 4.47. The molecule has 1 aromatic heterocycles. The van der Waals surface area contributed by atoms with Gasteiger partial charge in [0.25, 0.3) is 5.56 Å². The third-order valence-electron chi connectivity index (χ3n) is 2.59. The molecule has 1 atom stereocenters. The number of rotatable bonds is 0. The van der Waals surface area contributed by atoms with Crippen LogP contribution in [0.15, 0.2) is 9.79 Å². The highest BCUT2D eigenvalue weighted by Crippen LogP contribution is 2.20. The molecule has 5 heteroatoms. The van der Waals surface area contributed by atoms with Gasteiger partial charge in [-0.25, -0.2) is 4.98 Å². The summed E-state index contributed by atoms with van der Waals surface area (Å²) in [7, 11) is 0. The molecule has 0 aliphatic carbocycles. The molecule has 1 aliphatic rings. The van der Waals surface area contributed by atoms with Crippen molar-refractivity contribution in [2.45, 2.75) is 26.2 Å². The first-order chi connectivity index (χ1) is 7.16. The fourth-order valence-corrected chi connectivity index (χ4v) is 1.67. The summed E-state index contributed by atoms with van der Waals surface area (Å²) in [5, 5.41) is 0. The minimum Gasteiger partial charge on any atom is -0.369 e. The minimum absolute atomic E-state index is 0.169. The molecule has 0 fully saturated rings. The Morgan fingerprint density at radius 1 is 1.60 bits per heavy atom. The van der Waals surface area contributed by atoms with Crippen LogP contribution in [-0.4, -0.2) is 16.2 Å². The van der Waals surface area contributed by atoms with Crippen LogP contribution in [0.25, 0.3) is 0 Å². The summed E-state index contributed by atoms with van der Waals surface area (Å²) in [5.74, 6) is 0.742. The molecule has 0 radical (unpaired) electrons. The van der Waals surface area contributed by atoms with Gasteiger partial charge >= 0.3 is 0 Å². The molecular weight excluding hydrogens is 192 g/mol. The first-order valence-corrected chi connectivity index (χ1v) is 5.08. The normalized spacial score (nSPS) is 22.6. The molecule has 1 aromatic rings. The van der Waals surface area contributed by atoms with Crippen LogP contribution in [0.5, 0.6) is 0 Å². The van der Waals surface area contributed by atoms with E-state index in [9.17, 15) is 4.79 Å². The molecule has 0 bridgehead atoms. The van der Waals surface area contributed by atoms with Crippen LogP contribution < -0.4 is 11.3 Å². The van der Waals surface area contributed by atoms with E-state index in [1.165, 1.54) is 0 Å². The SMILES string of the molecule is CC1C/C=N\c2c(nc(N)[nH]c2=O)CC1. The van der Waals surface area contributed by atoms with E-state index in [-0.39, 0.29) is 11.5 Å². The molecule has 2 heterocycles. The molecule has 15 heavy (non-hydrogen) atoms. The molecule has 0 saturated carbocycles. The van der Waals surface area contributed by atoms with Gasteiger partial charge < -0.3 is 5.73 Å². The number of aryl methyl sites for hydroxylation is 1. The van der Waals surface area contributed by atoms with Crippen molar-refractivity contribution in [3.8, 4) is 0 Å². The van der Waals surface area contributed by atoms with Gasteiger partial charge in [-0.2, -0.15) is 0 Å². The molecule has 0 saturated heterocycles. The lowest BCUT2D eigenvalue weighted by Gasteiger charge is -2.12. The van der Waals surface area contributed by atoms with E-state index in [1.54, 1.807) is 6.21 Å². The lowest BCUT2D eigenvalue weighted by Crippen LogP contribution is -2.15. The van der Waals surface area contributed by atoms with Gasteiger partial charge in [0.2, 0.25) is 5.95 Å². The van der Waals surface area contributed by atoms with Gasteiger partial charge in [-0.05, 0) is 25.2 Å². The van der Waals surface area contributed by atoms with Crippen molar-refractivity contribution in [2.75, 3.05) is 5.73 Å². The lowest BCUT2D eigenvalue weighted by molar-refractivity contribution is 0.550. The van der Waals surface area contributed by atoms with Crippen molar-refractivity contribution in [3.63, 3.8) is 0 Å². The van der Waals surface area contributed by atoms with Crippen LogP contribution in [0.3, 0.4) is 0 Å². The highest BCUT2D eigenvalue weighted by Gasteiger charge is 2.13. The number of nitrogens with one attached hydrogen (secondary N) is 1. The largest absolute Gasteiger partial charge is 0.369 e. The van der Waals surface area contributed by atoms with Gasteiger partial charge in [0.15, 0.2) is 0 Å². The molecule has 1 aliphatic heterocycles. The van der Waals surface area contributed by atoms with Gasteiger partial charge in [0.05, 0.1) is 5.69 Å². The summed E-state index contributed by atoms with van der Waals surface area (Å²) in [5.41, 5.74) is 6.36. The third kappa shape index (κ3) is 2.06. The minimum atomic E-state index is -0.247. The molecule has 0 aromatic carbocycles. The second kappa shape index (κ2) is 3.84. The average molecular weight is 206 g/mol. The standard InChI is InChI=1S/C10H14N4O/c1-6-2-3-7-8(12-5-4-6)9(15)14-10(11)13-7/h5-6H,2-4H2,1H3,(H3,11,13,14,15)/b12-5-. The molecule has 1 unspecified atom stereocenters. The summed E-state index contributed by atoms with van der Waals surface area (Å²) in [4.78, 5) is 22.3. The van der Waals surface area contributed by atoms with Crippen LogP contribution in [-0.2, 0) is 6.42 Å². The number of hydrogen-bond acceptors (Lipinski definition) is 4. The van der Waals surface area contributed by atoms with E-state index in [4.69, 9.17) is 5.73 Å². The van der Waals surface area contributed by atoms with Gasteiger partial charge in [-0.15, -0.1) is 0 Å². The van der Waals surface area contributed by atoms with Crippen molar-refractivity contribution in [2.24, 2.45) is 10.9 Å². The van der Waals surface area contributed by atoms with Crippen molar-refractivity contribution in [1.82, 2.24) is 9.97 Å². The quantitative estimate of drug-likeness (QED) is 0.664. The van der Waals surface area contributed by atoms with Gasteiger partial charge in [0.1, 0.15) is 5.69 Å². The summed E-state index contributed by atoms with van der Waals surface area (Å²) in [6, 6.07) is 0. The maximum atomic E-state index is 11.5. The fraction of sp³-hybridized carbons (Fsp3) is 0.500.